The normalized spacial score (nSPS) is 11.8. The molecule has 0 aliphatic rings. The van der Waals surface area contributed by atoms with E-state index in [4.69, 9.17) is 10.9 Å². The zero-order valence-corrected chi connectivity index (χ0v) is 19.3. The van der Waals surface area contributed by atoms with E-state index in [9.17, 15) is 18.0 Å². The molecule has 32 heavy (non-hydrogen) atoms. The van der Waals surface area contributed by atoms with Crippen molar-refractivity contribution in [1.82, 2.24) is 4.98 Å². The van der Waals surface area contributed by atoms with Gasteiger partial charge in [0.05, 0.1) is 10.6 Å². The summed E-state index contributed by atoms with van der Waals surface area (Å²) in [6.45, 7) is 1.45. The first-order valence-corrected chi connectivity index (χ1v) is 11.6. The predicted molar refractivity (Wildman–Crippen MR) is 125 cm³/mol. The summed E-state index contributed by atoms with van der Waals surface area (Å²) in [6, 6.07) is 16.4. The predicted octanol–water partition coefficient (Wildman–Crippen LogP) is 3.25. The van der Waals surface area contributed by atoms with Gasteiger partial charge < -0.3 is 5.73 Å². The molecule has 164 valence electrons. The molecule has 0 radical (unpaired) electrons. The molecule has 0 aliphatic heterocycles. The number of primary amides is 1. The van der Waals surface area contributed by atoms with E-state index < -0.39 is 21.8 Å². The number of nitrogens with two attached hydrogens (primary N) is 2. The lowest BCUT2D eigenvalue weighted by Gasteiger charge is -2.21. The van der Waals surface area contributed by atoms with Crippen LogP contribution in [0.5, 0.6) is 0 Å². The lowest BCUT2D eigenvalue weighted by atomic mass is 10.0. The first kappa shape index (κ1) is 23.3. The molecule has 2 aromatic carbocycles. The maximum atomic E-state index is 13.0. The molecule has 0 bridgehead atoms. The monoisotopic (exact) mass is 514 g/mol. The second-order valence-electron chi connectivity index (χ2n) is 6.79. The quantitative estimate of drug-likeness (QED) is 0.486. The molecule has 1 aromatic heterocycles. The number of primary sulfonamides is 1. The average Bonchev–Trinajstić information content (AvgIpc) is 2.75. The Morgan fingerprint density at radius 1 is 1.03 bits per heavy atom. The summed E-state index contributed by atoms with van der Waals surface area (Å²) >= 11 is 3.31. The Balaban J connectivity index is 2.08. The first-order chi connectivity index (χ1) is 15.1. The van der Waals surface area contributed by atoms with Crippen LogP contribution in [0.2, 0.25) is 0 Å². The molecule has 0 fully saturated rings. The van der Waals surface area contributed by atoms with Crippen LogP contribution in [-0.2, 0) is 19.6 Å². The molecule has 1 heterocycles. The molecule has 2 amide bonds. The summed E-state index contributed by atoms with van der Waals surface area (Å²) in [7, 11) is -3.92. The minimum Gasteiger partial charge on any atom is -0.366 e. The first-order valence-electron chi connectivity index (χ1n) is 9.24. The largest absolute Gasteiger partial charge is 0.366 e. The van der Waals surface area contributed by atoms with Crippen molar-refractivity contribution >= 4 is 49.3 Å². The molecule has 0 atom stereocenters. The number of pyridine rings is 1. The van der Waals surface area contributed by atoms with Crippen molar-refractivity contribution in [3.8, 4) is 11.1 Å². The Labute approximate surface area is 193 Å². The molecular weight excluding hydrogens is 496 g/mol. The number of nitrogens with zero attached hydrogens (tertiary/aromatic N) is 2. The van der Waals surface area contributed by atoms with Gasteiger partial charge in [-0.15, -0.1) is 0 Å². The van der Waals surface area contributed by atoms with Gasteiger partial charge in [0.1, 0.15) is 5.82 Å². The highest BCUT2D eigenvalue weighted by atomic mass is 79.9. The van der Waals surface area contributed by atoms with Crippen LogP contribution in [0.3, 0.4) is 0 Å². The van der Waals surface area contributed by atoms with Crippen molar-refractivity contribution < 1.29 is 18.0 Å². The lowest BCUT2D eigenvalue weighted by Crippen LogP contribution is -2.26. The molecule has 8 nitrogen and oxygen atoms in total. The van der Waals surface area contributed by atoms with Crippen molar-refractivity contribution in [1.29, 1.82) is 0 Å². The molecule has 0 unspecified atom stereocenters. The maximum absolute atomic E-state index is 13.0. The third-order valence-electron chi connectivity index (χ3n) is 4.52. The van der Waals surface area contributed by atoms with Crippen LogP contribution >= 0.6 is 15.9 Å². The number of anilines is 2. The second-order valence-corrected chi connectivity index (χ2v) is 9.23. The van der Waals surface area contributed by atoms with Crippen molar-refractivity contribution in [3.63, 3.8) is 0 Å². The number of carbonyl (C=O) groups excluding carboxylic acids is 2. The second kappa shape index (κ2) is 9.43. The molecule has 0 saturated carbocycles. The van der Waals surface area contributed by atoms with E-state index in [-0.39, 0.29) is 10.5 Å². The smallest absolute Gasteiger partial charge is 0.257 e. The Hall–Kier alpha value is -3.34. The number of aromatic nitrogens is 1. The summed E-state index contributed by atoms with van der Waals surface area (Å²) in [5, 5.41) is 5.33. The molecule has 0 saturated heterocycles. The van der Waals surface area contributed by atoms with Crippen LogP contribution in [0.1, 0.15) is 6.92 Å². The third-order valence-corrected chi connectivity index (χ3v) is 5.96. The zero-order valence-electron chi connectivity index (χ0n) is 16.9. The number of carbonyl (C=O) groups is 2. The van der Waals surface area contributed by atoms with Crippen LogP contribution in [0.15, 0.2) is 87.9 Å². The molecule has 10 heteroatoms. The van der Waals surface area contributed by atoms with E-state index in [0.717, 1.165) is 10.5 Å². The van der Waals surface area contributed by atoms with Crippen molar-refractivity contribution in [2.75, 3.05) is 4.90 Å². The molecular formula is C22H19BrN4O4S. The van der Waals surface area contributed by atoms with Gasteiger partial charge in [-0.2, -0.15) is 0 Å². The molecule has 4 N–H and O–H groups in total. The van der Waals surface area contributed by atoms with Gasteiger partial charge in [-0.1, -0.05) is 30.3 Å². The highest BCUT2D eigenvalue weighted by Gasteiger charge is 2.20. The summed E-state index contributed by atoms with van der Waals surface area (Å²) in [4.78, 5) is 30.0. The van der Waals surface area contributed by atoms with E-state index >= 15 is 0 Å². The highest BCUT2D eigenvalue weighted by Crippen LogP contribution is 2.31. The number of hydrogen-bond donors (Lipinski definition) is 2. The number of sulfonamides is 1. The summed E-state index contributed by atoms with van der Waals surface area (Å²) in [6.07, 6.45) is 2.67. The minimum atomic E-state index is -3.92. The standard InChI is InChI=1S/C22H19BrN4O4S/c1-14(22(24)29)12-21(28)27(20-11-8-16(23)13-26-20)17-9-6-15(7-10-17)18-4-2-3-5-19(18)32(25,30)31/h2-13H,1H3,(H2,24,29)(H2,25,30,31)/b14-12-. The van der Waals surface area contributed by atoms with Gasteiger partial charge in [0.15, 0.2) is 0 Å². The van der Waals surface area contributed by atoms with Gasteiger partial charge in [-0.25, -0.2) is 18.5 Å². The van der Waals surface area contributed by atoms with Gasteiger partial charge in [-0.3, -0.25) is 14.5 Å². The van der Waals surface area contributed by atoms with Crippen LogP contribution in [0.25, 0.3) is 11.1 Å². The summed E-state index contributed by atoms with van der Waals surface area (Å²) in [5.41, 5.74) is 6.83. The van der Waals surface area contributed by atoms with Gasteiger partial charge in [0.25, 0.3) is 5.91 Å². The number of rotatable bonds is 6. The number of hydrogen-bond acceptors (Lipinski definition) is 5. The van der Waals surface area contributed by atoms with Crippen LogP contribution < -0.4 is 15.8 Å². The fraction of sp³-hybridized carbons (Fsp3) is 0.0455. The molecule has 0 aliphatic carbocycles. The Morgan fingerprint density at radius 3 is 2.25 bits per heavy atom. The van der Waals surface area contributed by atoms with Gasteiger partial charge in [-0.05, 0) is 58.7 Å². The topological polar surface area (TPSA) is 136 Å². The van der Waals surface area contributed by atoms with E-state index in [1.54, 1.807) is 54.6 Å². The molecule has 3 rings (SSSR count). The molecule has 3 aromatic rings. The number of halogens is 1. The van der Waals surface area contributed by atoms with Crippen molar-refractivity contribution in [3.05, 3.63) is 83.0 Å². The lowest BCUT2D eigenvalue weighted by molar-refractivity contribution is -0.116. The SMILES string of the molecule is C/C(=C/C(=O)N(c1ccc(-c2ccccc2S(N)(=O)=O)cc1)c1ccc(Br)cn1)C(N)=O. The fourth-order valence-corrected chi connectivity index (χ4v) is 3.93. The van der Waals surface area contributed by atoms with E-state index in [0.29, 0.717) is 22.6 Å². The van der Waals surface area contributed by atoms with Gasteiger partial charge in [0.2, 0.25) is 15.9 Å². The van der Waals surface area contributed by atoms with Crippen molar-refractivity contribution in [2.24, 2.45) is 10.9 Å². The fourth-order valence-electron chi connectivity index (χ4n) is 2.94. The van der Waals surface area contributed by atoms with Gasteiger partial charge >= 0.3 is 0 Å². The Kier molecular flexibility index (Phi) is 6.87. The minimum absolute atomic E-state index is 0.00437. The third kappa shape index (κ3) is 5.28. The van der Waals surface area contributed by atoms with Crippen LogP contribution in [-0.4, -0.2) is 25.2 Å². The maximum Gasteiger partial charge on any atom is 0.257 e. The number of benzene rings is 2. The van der Waals surface area contributed by atoms with E-state index in [2.05, 4.69) is 20.9 Å². The van der Waals surface area contributed by atoms with E-state index in [1.165, 1.54) is 24.1 Å². The molecule has 0 spiro atoms. The zero-order chi connectivity index (χ0) is 23.5. The number of amides is 2. The Morgan fingerprint density at radius 2 is 1.69 bits per heavy atom. The van der Waals surface area contributed by atoms with Crippen molar-refractivity contribution in [2.45, 2.75) is 11.8 Å². The Bertz CT molecular complexity index is 1300. The van der Waals surface area contributed by atoms with Crippen LogP contribution in [0.4, 0.5) is 11.5 Å². The average molecular weight is 515 g/mol. The van der Waals surface area contributed by atoms with Crippen LogP contribution in [0, 0.1) is 0 Å². The highest BCUT2D eigenvalue weighted by molar-refractivity contribution is 9.10. The van der Waals surface area contributed by atoms with Gasteiger partial charge in [0, 0.05) is 27.9 Å². The summed E-state index contributed by atoms with van der Waals surface area (Å²) < 4.78 is 24.6. The summed E-state index contributed by atoms with van der Waals surface area (Å²) in [5.74, 6) is -0.907. The van der Waals surface area contributed by atoms with E-state index in [1.807, 2.05) is 0 Å².